The van der Waals surface area contributed by atoms with Gasteiger partial charge >= 0.3 is 0 Å². The van der Waals surface area contributed by atoms with Crippen LogP contribution in [0.2, 0.25) is 0 Å². The van der Waals surface area contributed by atoms with Crippen molar-refractivity contribution in [3.05, 3.63) is 15.6 Å². The van der Waals surface area contributed by atoms with Crippen molar-refractivity contribution in [1.82, 2.24) is 10.3 Å². The highest BCUT2D eigenvalue weighted by molar-refractivity contribution is 7.11. The summed E-state index contributed by atoms with van der Waals surface area (Å²) in [7, 11) is 0. The van der Waals surface area contributed by atoms with Crippen LogP contribution in [-0.4, -0.2) is 22.7 Å². The molecule has 1 aromatic heterocycles. The fraction of sp³-hybridized carbons (Fsp3) is 0.700. The van der Waals surface area contributed by atoms with Crippen LogP contribution in [0.15, 0.2) is 0 Å². The number of nitrogens with one attached hydrogen (secondary N) is 1. The van der Waals surface area contributed by atoms with Gasteiger partial charge in [-0.1, -0.05) is 0 Å². The van der Waals surface area contributed by atoms with Crippen molar-refractivity contribution >= 4 is 11.3 Å². The third kappa shape index (κ3) is 2.13. The average molecular weight is 212 g/mol. The number of hydrogen-bond donors (Lipinski definition) is 2. The van der Waals surface area contributed by atoms with E-state index < -0.39 is 0 Å². The van der Waals surface area contributed by atoms with E-state index in [-0.39, 0.29) is 12.6 Å². The van der Waals surface area contributed by atoms with E-state index in [2.05, 4.69) is 10.3 Å². The zero-order valence-electron chi connectivity index (χ0n) is 8.42. The summed E-state index contributed by atoms with van der Waals surface area (Å²) in [4.78, 5) is 6.04. The Morgan fingerprint density at radius 2 is 2.43 bits per heavy atom. The molecule has 1 atom stereocenters. The Kier molecular flexibility index (Phi) is 3.15. The van der Waals surface area contributed by atoms with Gasteiger partial charge in [0, 0.05) is 17.5 Å². The first kappa shape index (κ1) is 10.1. The lowest BCUT2D eigenvalue weighted by Gasteiger charge is -2.07. The van der Waals surface area contributed by atoms with E-state index >= 15 is 0 Å². The SMILES string of the molecule is C[C@H](CO)NCc1nc2c(s1)CCC2. The zero-order valence-corrected chi connectivity index (χ0v) is 9.23. The predicted octanol–water partition coefficient (Wildman–Crippen LogP) is 1.10. The van der Waals surface area contributed by atoms with Gasteiger partial charge in [-0.2, -0.15) is 0 Å². The maximum atomic E-state index is 8.85. The van der Waals surface area contributed by atoms with Crippen molar-refractivity contribution in [3.8, 4) is 0 Å². The molecule has 3 nitrogen and oxygen atoms in total. The normalized spacial score (nSPS) is 17.0. The highest BCUT2D eigenvalue weighted by Gasteiger charge is 2.16. The molecule has 0 fully saturated rings. The van der Waals surface area contributed by atoms with Crippen molar-refractivity contribution < 1.29 is 5.11 Å². The summed E-state index contributed by atoms with van der Waals surface area (Å²) in [5, 5.41) is 13.2. The molecule has 0 spiro atoms. The first-order valence-corrected chi connectivity index (χ1v) is 5.93. The third-order valence-electron chi connectivity index (χ3n) is 2.52. The van der Waals surface area contributed by atoms with Gasteiger partial charge in [0.05, 0.1) is 12.3 Å². The molecule has 0 saturated carbocycles. The molecular weight excluding hydrogens is 196 g/mol. The fourth-order valence-electron chi connectivity index (χ4n) is 1.65. The second-order valence-corrected chi connectivity index (χ2v) is 4.96. The van der Waals surface area contributed by atoms with Crippen LogP contribution in [-0.2, 0) is 19.4 Å². The van der Waals surface area contributed by atoms with Gasteiger partial charge in [0.25, 0.3) is 0 Å². The van der Waals surface area contributed by atoms with E-state index in [1.54, 1.807) is 0 Å². The molecule has 1 heterocycles. The van der Waals surface area contributed by atoms with Crippen LogP contribution in [0.4, 0.5) is 0 Å². The molecule has 0 bridgehead atoms. The molecule has 2 N–H and O–H groups in total. The van der Waals surface area contributed by atoms with E-state index in [9.17, 15) is 0 Å². The molecule has 1 aliphatic carbocycles. The van der Waals surface area contributed by atoms with Gasteiger partial charge in [0.15, 0.2) is 0 Å². The Bertz CT molecular complexity index is 290. The van der Waals surface area contributed by atoms with E-state index in [0.717, 1.165) is 18.0 Å². The summed E-state index contributed by atoms with van der Waals surface area (Å²) in [5.41, 5.74) is 1.31. The van der Waals surface area contributed by atoms with Crippen molar-refractivity contribution in [2.75, 3.05) is 6.61 Å². The lowest BCUT2D eigenvalue weighted by Crippen LogP contribution is -2.28. The minimum absolute atomic E-state index is 0.161. The number of nitrogens with zero attached hydrogens (tertiary/aromatic N) is 1. The molecule has 1 aromatic rings. The number of thiazole rings is 1. The molecule has 78 valence electrons. The molecule has 0 saturated heterocycles. The van der Waals surface area contributed by atoms with Crippen LogP contribution >= 0.6 is 11.3 Å². The number of aromatic nitrogens is 1. The molecule has 1 aliphatic rings. The van der Waals surface area contributed by atoms with Crippen molar-refractivity contribution in [3.63, 3.8) is 0 Å². The van der Waals surface area contributed by atoms with E-state index in [0.29, 0.717) is 0 Å². The Morgan fingerprint density at radius 3 is 3.14 bits per heavy atom. The van der Waals surface area contributed by atoms with Crippen molar-refractivity contribution in [2.45, 2.75) is 38.8 Å². The zero-order chi connectivity index (χ0) is 9.97. The third-order valence-corrected chi connectivity index (χ3v) is 3.67. The Hall–Kier alpha value is -0.450. The molecule has 0 aliphatic heterocycles. The standard InChI is InChI=1S/C10H16N2OS/c1-7(6-13)11-5-10-12-8-3-2-4-9(8)14-10/h7,11,13H,2-6H2,1H3/t7-/m1/s1. The number of fused-ring (bicyclic) bond motifs is 1. The topological polar surface area (TPSA) is 45.1 Å². The lowest BCUT2D eigenvalue weighted by atomic mass is 10.3. The van der Waals surface area contributed by atoms with Crippen molar-refractivity contribution in [1.29, 1.82) is 0 Å². The van der Waals surface area contributed by atoms with Crippen LogP contribution in [0.5, 0.6) is 0 Å². The van der Waals surface area contributed by atoms with Gasteiger partial charge < -0.3 is 10.4 Å². The molecule has 0 amide bonds. The van der Waals surface area contributed by atoms with E-state index in [1.165, 1.54) is 23.4 Å². The molecule has 0 aromatic carbocycles. The average Bonchev–Trinajstić information content (AvgIpc) is 2.73. The van der Waals surface area contributed by atoms with Crippen LogP contribution in [0.3, 0.4) is 0 Å². The van der Waals surface area contributed by atoms with Crippen LogP contribution in [0.25, 0.3) is 0 Å². The summed E-state index contributed by atoms with van der Waals surface area (Å²) in [6.45, 7) is 2.95. The van der Waals surface area contributed by atoms with Gasteiger partial charge in [-0.15, -0.1) is 11.3 Å². The largest absolute Gasteiger partial charge is 0.395 e. The summed E-state index contributed by atoms with van der Waals surface area (Å²) >= 11 is 1.82. The second kappa shape index (κ2) is 4.38. The summed E-state index contributed by atoms with van der Waals surface area (Å²) in [5.74, 6) is 0. The molecule has 2 rings (SSSR count). The number of aliphatic hydroxyl groups is 1. The molecule has 4 heteroatoms. The van der Waals surface area contributed by atoms with E-state index in [1.807, 2.05) is 18.3 Å². The number of rotatable bonds is 4. The van der Waals surface area contributed by atoms with E-state index in [4.69, 9.17) is 5.11 Å². The van der Waals surface area contributed by atoms with Gasteiger partial charge in [-0.25, -0.2) is 4.98 Å². The van der Waals surface area contributed by atoms with Gasteiger partial charge in [0.1, 0.15) is 5.01 Å². The highest BCUT2D eigenvalue weighted by Crippen LogP contribution is 2.27. The predicted molar refractivity (Wildman–Crippen MR) is 57.5 cm³/mol. The smallest absolute Gasteiger partial charge is 0.107 e. The van der Waals surface area contributed by atoms with Gasteiger partial charge in [0.2, 0.25) is 0 Å². The maximum Gasteiger partial charge on any atom is 0.107 e. The fourth-order valence-corrected chi connectivity index (χ4v) is 2.75. The minimum Gasteiger partial charge on any atom is -0.395 e. The van der Waals surface area contributed by atoms with Crippen LogP contribution in [0, 0.1) is 0 Å². The van der Waals surface area contributed by atoms with Crippen molar-refractivity contribution in [2.24, 2.45) is 0 Å². The summed E-state index contributed by atoms with van der Waals surface area (Å²) in [6, 6.07) is 0.161. The first-order valence-electron chi connectivity index (χ1n) is 5.11. The molecule has 0 unspecified atom stereocenters. The molecule has 14 heavy (non-hydrogen) atoms. The highest BCUT2D eigenvalue weighted by atomic mass is 32.1. The molecule has 0 radical (unpaired) electrons. The Morgan fingerprint density at radius 1 is 1.57 bits per heavy atom. The van der Waals surface area contributed by atoms with Crippen LogP contribution < -0.4 is 5.32 Å². The monoisotopic (exact) mass is 212 g/mol. The number of aryl methyl sites for hydroxylation is 2. The molecular formula is C10H16N2OS. The maximum absolute atomic E-state index is 8.85. The minimum atomic E-state index is 0.161. The lowest BCUT2D eigenvalue weighted by molar-refractivity contribution is 0.251. The number of aliphatic hydroxyl groups excluding tert-OH is 1. The Labute approximate surface area is 88.2 Å². The van der Waals surface area contributed by atoms with Crippen LogP contribution in [0.1, 0.15) is 28.9 Å². The quantitative estimate of drug-likeness (QED) is 0.785. The number of hydrogen-bond acceptors (Lipinski definition) is 4. The second-order valence-electron chi connectivity index (χ2n) is 3.80. The van der Waals surface area contributed by atoms with Gasteiger partial charge in [-0.05, 0) is 26.2 Å². The van der Waals surface area contributed by atoms with Gasteiger partial charge in [-0.3, -0.25) is 0 Å². The summed E-state index contributed by atoms with van der Waals surface area (Å²) in [6.07, 6.45) is 3.64. The summed E-state index contributed by atoms with van der Waals surface area (Å²) < 4.78 is 0. The Balaban J connectivity index is 1.91. The first-order chi connectivity index (χ1) is 6.79.